The Bertz CT molecular complexity index is 856. The van der Waals surface area contributed by atoms with Crippen molar-refractivity contribution in [3.05, 3.63) is 34.9 Å². The molecule has 7 nitrogen and oxygen atoms in total. The molecule has 2 saturated heterocycles. The molecule has 154 valence electrons. The van der Waals surface area contributed by atoms with Gasteiger partial charge in [-0.05, 0) is 49.4 Å². The van der Waals surface area contributed by atoms with Gasteiger partial charge >= 0.3 is 0 Å². The molecule has 0 radical (unpaired) electrons. The molecule has 29 heavy (non-hydrogen) atoms. The van der Waals surface area contributed by atoms with Crippen LogP contribution in [-0.4, -0.2) is 46.8 Å². The number of piperidine rings is 1. The first-order chi connectivity index (χ1) is 14.1. The van der Waals surface area contributed by atoms with Gasteiger partial charge in [-0.1, -0.05) is 25.0 Å². The zero-order valence-corrected chi connectivity index (χ0v) is 16.6. The number of hydrogen-bond donors (Lipinski definition) is 3. The van der Waals surface area contributed by atoms with Crippen LogP contribution in [0.5, 0.6) is 0 Å². The maximum absolute atomic E-state index is 13.0. The van der Waals surface area contributed by atoms with Crippen LogP contribution in [-0.2, 0) is 22.7 Å². The van der Waals surface area contributed by atoms with E-state index in [0.717, 1.165) is 30.6 Å². The van der Waals surface area contributed by atoms with Gasteiger partial charge in [-0.3, -0.25) is 19.7 Å². The van der Waals surface area contributed by atoms with Crippen LogP contribution >= 0.6 is 0 Å². The molecule has 1 aliphatic carbocycles. The average Bonchev–Trinajstić information content (AvgIpc) is 3.42. The number of nitrogens with one attached hydrogen (secondary N) is 3. The first kappa shape index (κ1) is 18.8. The lowest BCUT2D eigenvalue weighted by Crippen LogP contribution is -2.52. The Kier molecular flexibility index (Phi) is 4.67. The van der Waals surface area contributed by atoms with E-state index in [-0.39, 0.29) is 29.7 Å². The predicted molar refractivity (Wildman–Crippen MR) is 107 cm³/mol. The molecule has 1 aromatic rings. The number of carbonyl (C=O) groups excluding carboxylic acids is 3. The van der Waals surface area contributed by atoms with Crippen LogP contribution in [0.3, 0.4) is 0 Å². The van der Waals surface area contributed by atoms with Gasteiger partial charge in [-0.2, -0.15) is 0 Å². The van der Waals surface area contributed by atoms with Gasteiger partial charge in [-0.15, -0.1) is 0 Å². The van der Waals surface area contributed by atoms with Gasteiger partial charge < -0.3 is 15.5 Å². The van der Waals surface area contributed by atoms with Crippen molar-refractivity contribution in [2.45, 2.75) is 75.7 Å². The molecule has 3 heterocycles. The molecule has 1 saturated carbocycles. The minimum Gasteiger partial charge on any atom is -0.322 e. The lowest BCUT2D eigenvalue weighted by Gasteiger charge is -2.32. The number of benzene rings is 1. The van der Waals surface area contributed by atoms with E-state index < -0.39 is 6.04 Å². The van der Waals surface area contributed by atoms with Gasteiger partial charge in [-0.25, -0.2) is 0 Å². The lowest BCUT2D eigenvalue weighted by molar-refractivity contribution is -0.136. The standard InChI is InChI=1S/C22H28N4O3/c27-19-7-6-17(20(28)25-19)26-13-16-14(4-3-5-15(16)21(26)29)12-23-18-8-11-24-22(18)9-1-2-10-22/h3-5,17-18,23-24H,1-2,6-13H2,(H,25,27,28). The Morgan fingerprint density at radius 3 is 2.76 bits per heavy atom. The van der Waals surface area contributed by atoms with E-state index in [1.807, 2.05) is 12.1 Å². The molecule has 5 rings (SSSR count). The van der Waals surface area contributed by atoms with Crippen molar-refractivity contribution in [2.24, 2.45) is 0 Å². The van der Waals surface area contributed by atoms with Crippen molar-refractivity contribution < 1.29 is 14.4 Å². The summed E-state index contributed by atoms with van der Waals surface area (Å²) in [6, 6.07) is 5.76. The highest BCUT2D eigenvalue weighted by atomic mass is 16.2. The summed E-state index contributed by atoms with van der Waals surface area (Å²) in [5.41, 5.74) is 3.08. The fraction of sp³-hybridized carbons (Fsp3) is 0.591. The molecule has 1 aromatic carbocycles. The topological polar surface area (TPSA) is 90.5 Å². The molecule has 0 aromatic heterocycles. The molecule has 3 fully saturated rings. The average molecular weight is 396 g/mol. The van der Waals surface area contributed by atoms with E-state index in [4.69, 9.17) is 0 Å². The fourth-order valence-corrected chi connectivity index (χ4v) is 5.74. The Hall–Kier alpha value is -2.25. The number of rotatable bonds is 4. The zero-order chi connectivity index (χ0) is 20.0. The van der Waals surface area contributed by atoms with Crippen LogP contribution in [0, 0.1) is 0 Å². The highest BCUT2D eigenvalue weighted by Gasteiger charge is 2.44. The third-order valence-electron chi connectivity index (χ3n) is 7.29. The maximum atomic E-state index is 13.0. The number of nitrogens with zero attached hydrogens (tertiary/aromatic N) is 1. The monoisotopic (exact) mass is 396 g/mol. The normalized spacial score (nSPS) is 28.3. The van der Waals surface area contributed by atoms with Gasteiger partial charge in [0.1, 0.15) is 6.04 Å². The Balaban J connectivity index is 1.32. The molecule has 3 N–H and O–H groups in total. The van der Waals surface area contributed by atoms with E-state index in [0.29, 0.717) is 24.6 Å². The van der Waals surface area contributed by atoms with Crippen molar-refractivity contribution >= 4 is 17.7 Å². The van der Waals surface area contributed by atoms with Gasteiger partial charge in [0, 0.05) is 36.7 Å². The highest BCUT2D eigenvalue weighted by Crippen LogP contribution is 2.37. The van der Waals surface area contributed by atoms with Crippen LogP contribution < -0.4 is 16.0 Å². The number of fused-ring (bicyclic) bond motifs is 1. The Morgan fingerprint density at radius 2 is 1.97 bits per heavy atom. The highest BCUT2D eigenvalue weighted by molar-refractivity contribution is 6.05. The molecule has 2 unspecified atom stereocenters. The van der Waals surface area contributed by atoms with Crippen molar-refractivity contribution in [1.29, 1.82) is 0 Å². The zero-order valence-electron chi connectivity index (χ0n) is 16.6. The van der Waals surface area contributed by atoms with Crippen LogP contribution in [0.15, 0.2) is 18.2 Å². The van der Waals surface area contributed by atoms with Crippen molar-refractivity contribution in [1.82, 2.24) is 20.9 Å². The maximum Gasteiger partial charge on any atom is 0.255 e. The molecule has 3 amide bonds. The molecule has 7 heteroatoms. The Labute approximate surface area is 170 Å². The largest absolute Gasteiger partial charge is 0.322 e. The summed E-state index contributed by atoms with van der Waals surface area (Å²) in [4.78, 5) is 38.3. The van der Waals surface area contributed by atoms with Gasteiger partial charge in [0.2, 0.25) is 11.8 Å². The number of amides is 3. The molecule has 3 aliphatic heterocycles. The van der Waals surface area contributed by atoms with Crippen molar-refractivity contribution in [3.63, 3.8) is 0 Å². The van der Waals surface area contributed by atoms with Gasteiger partial charge in [0.05, 0.1) is 0 Å². The van der Waals surface area contributed by atoms with Crippen molar-refractivity contribution in [3.8, 4) is 0 Å². The van der Waals surface area contributed by atoms with E-state index in [1.165, 1.54) is 25.7 Å². The molecule has 4 aliphatic rings. The summed E-state index contributed by atoms with van der Waals surface area (Å²) < 4.78 is 0. The smallest absolute Gasteiger partial charge is 0.255 e. The summed E-state index contributed by atoms with van der Waals surface area (Å²) in [6.45, 7) is 2.23. The van der Waals surface area contributed by atoms with Gasteiger partial charge in [0.15, 0.2) is 0 Å². The summed E-state index contributed by atoms with van der Waals surface area (Å²) >= 11 is 0. The van der Waals surface area contributed by atoms with E-state index in [9.17, 15) is 14.4 Å². The van der Waals surface area contributed by atoms with Crippen LogP contribution in [0.25, 0.3) is 0 Å². The second-order valence-corrected chi connectivity index (χ2v) is 8.86. The molecular weight excluding hydrogens is 368 g/mol. The Morgan fingerprint density at radius 1 is 1.14 bits per heavy atom. The third kappa shape index (κ3) is 3.16. The first-order valence-corrected chi connectivity index (χ1v) is 10.8. The quantitative estimate of drug-likeness (QED) is 0.666. The molecular formula is C22H28N4O3. The summed E-state index contributed by atoms with van der Waals surface area (Å²) in [7, 11) is 0. The predicted octanol–water partition coefficient (Wildman–Crippen LogP) is 1.21. The van der Waals surface area contributed by atoms with Crippen molar-refractivity contribution in [2.75, 3.05) is 6.54 Å². The summed E-state index contributed by atoms with van der Waals surface area (Å²) in [5.74, 6) is -0.722. The molecule has 0 bridgehead atoms. The third-order valence-corrected chi connectivity index (χ3v) is 7.29. The molecule has 1 spiro atoms. The van der Waals surface area contributed by atoms with E-state index >= 15 is 0 Å². The molecule has 2 atom stereocenters. The number of carbonyl (C=O) groups is 3. The second-order valence-electron chi connectivity index (χ2n) is 8.86. The van der Waals surface area contributed by atoms with Crippen LogP contribution in [0.4, 0.5) is 0 Å². The van der Waals surface area contributed by atoms with E-state index in [2.05, 4.69) is 22.0 Å². The summed E-state index contributed by atoms with van der Waals surface area (Å²) in [5, 5.41) is 9.87. The summed E-state index contributed by atoms with van der Waals surface area (Å²) in [6.07, 6.45) is 6.87. The van der Waals surface area contributed by atoms with Crippen LogP contribution in [0.1, 0.15) is 66.4 Å². The second kappa shape index (κ2) is 7.22. The lowest BCUT2D eigenvalue weighted by atomic mass is 9.90. The minimum atomic E-state index is -0.561. The first-order valence-electron chi connectivity index (χ1n) is 10.8. The minimum absolute atomic E-state index is 0.105. The number of imide groups is 1. The number of hydrogen-bond acceptors (Lipinski definition) is 5. The SMILES string of the molecule is O=C1CCC(N2Cc3c(CNC4CCNC45CCCC5)cccc3C2=O)C(=O)N1. The van der Waals surface area contributed by atoms with Gasteiger partial charge in [0.25, 0.3) is 5.91 Å². The van der Waals surface area contributed by atoms with Crippen LogP contribution in [0.2, 0.25) is 0 Å². The fourth-order valence-electron chi connectivity index (χ4n) is 5.74. The van der Waals surface area contributed by atoms with E-state index in [1.54, 1.807) is 4.90 Å².